The molecule has 1 saturated heterocycles. The summed E-state index contributed by atoms with van der Waals surface area (Å²) in [7, 11) is 0. The van der Waals surface area contributed by atoms with Crippen molar-refractivity contribution >= 4 is 17.4 Å². The van der Waals surface area contributed by atoms with E-state index in [1.165, 1.54) is 11.0 Å². The highest BCUT2D eigenvalue weighted by Crippen LogP contribution is 2.42. The molecular weight excluding hydrogens is 410 g/mol. The third kappa shape index (κ3) is 4.56. The zero-order chi connectivity index (χ0) is 23.3. The lowest BCUT2D eigenvalue weighted by Crippen LogP contribution is -2.30. The van der Waals surface area contributed by atoms with Crippen LogP contribution in [0.3, 0.4) is 0 Å². The maximum Gasteiger partial charge on any atom is 0.295 e. The summed E-state index contributed by atoms with van der Waals surface area (Å²) in [5.74, 6) is -0.890. The smallest absolute Gasteiger partial charge is 0.295 e. The van der Waals surface area contributed by atoms with Gasteiger partial charge in [-0.05, 0) is 49.6 Å². The minimum Gasteiger partial charge on any atom is -0.507 e. The molecule has 7 heteroatoms. The van der Waals surface area contributed by atoms with Gasteiger partial charge in [-0.2, -0.15) is 0 Å². The van der Waals surface area contributed by atoms with Gasteiger partial charge in [-0.3, -0.25) is 9.59 Å². The molecule has 170 valence electrons. The summed E-state index contributed by atoms with van der Waals surface area (Å²) in [4.78, 5) is 27.3. The summed E-state index contributed by atoms with van der Waals surface area (Å²) in [6, 6.07) is 10.7. The minimum absolute atomic E-state index is 0.00392. The van der Waals surface area contributed by atoms with Gasteiger partial charge in [0.2, 0.25) is 0 Å². The minimum atomic E-state index is -0.796. The van der Waals surface area contributed by atoms with E-state index < -0.39 is 17.7 Å². The van der Waals surface area contributed by atoms with Gasteiger partial charge in [0.25, 0.3) is 11.7 Å². The molecule has 0 radical (unpaired) electrons. The van der Waals surface area contributed by atoms with Crippen LogP contribution in [-0.4, -0.2) is 46.6 Å². The molecule has 2 aromatic carbocycles. The van der Waals surface area contributed by atoms with Crippen molar-refractivity contribution in [2.45, 2.75) is 39.7 Å². The first-order valence-electron chi connectivity index (χ1n) is 10.9. The van der Waals surface area contributed by atoms with Crippen molar-refractivity contribution in [1.29, 1.82) is 0 Å². The summed E-state index contributed by atoms with van der Waals surface area (Å²) < 4.78 is 11.1. The number of ketones is 1. The second-order valence-corrected chi connectivity index (χ2v) is 7.53. The van der Waals surface area contributed by atoms with Gasteiger partial charge >= 0.3 is 0 Å². The second-order valence-electron chi connectivity index (χ2n) is 7.53. The van der Waals surface area contributed by atoms with Crippen LogP contribution in [0.4, 0.5) is 0 Å². The SMILES string of the molecule is CCCOc1cccc(/C(O)=C2/C(=O)C(=O)N(CCC)C2c2ccc(O)c(OCC)c2)c1. The number of hydrogen-bond donors (Lipinski definition) is 2. The van der Waals surface area contributed by atoms with Gasteiger partial charge in [0, 0.05) is 12.1 Å². The van der Waals surface area contributed by atoms with E-state index in [0.29, 0.717) is 43.1 Å². The number of ether oxygens (including phenoxy) is 2. The van der Waals surface area contributed by atoms with Crippen LogP contribution in [-0.2, 0) is 9.59 Å². The fourth-order valence-electron chi connectivity index (χ4n) is 3.78. The van der Waals surface area contributed by atoms with Crippen LogP contribution in [0.5, 0.6) is 17.2 Å². The number of amides is 1. The number of phenolic OH excluding ortho intramolecular Hbond substituents is 1. The molecule has 0 aliphatic carbocycles. The van der Waals surface area contributed by atoms with Gasteiger partial charge in [-0.15, -0.1) is 0 Å². The van der Waals surface area contributed by atoms with Crippen LogP contribution in [0.1, 0.15) is 50.8 Å². The molecule has 1 heterocycles. The predicted octanol–water partition coefficient (Wildman–Crippen LogP) is 4.41. The summed E-state index contributed by atoms with van der Waals surface area (Å²) >= 11 is 0. The van der Waals surface area contributed by atoms with E-state index in [2.05, 4.69) is 0 Å². The van der Waals surface area contributed by atoms with Crippen LogP contribution in [0, 0.1) is 0 Å². The summed E-state index contributed by atoms with van der Waals surface area (Å²) in [6.07, 6.45) is 1.47. The van der Waals surface area contributed by atoms with Gasteiger partial charge in [-0.25, -0.2) is 0 Å². The van der Waals surface area contributed by atoms with Crippen LogP contribution in [0.25, 0.3) is 5.76 Å². The fraction of sp³-hybridized carbons (Fsp3) is 0.360. The van der Waals surface area contributed by atoms with Crippen molar-refractivity contribution in [3.8, 4) is 17.2 Å². The number of hydrogen-bond acceptors (Lipinski definition) is 6. The molecule has 1 amide bonds. The molecular formula is C25H29NO6. The molecule has 0 saturated carbocycles. The molecule has 1 atom stereocenters. The number of aliphatic hydroxyl groups is 1. The Morgan fingerprint density at radius 3 is 2.50 bits per heavy atom. The highest BCUT2D eigenvalue weighted by Gasteiger charge is 2.45. The monoisotopic (exact) mass is 439 g/mol. The van der Waals surface area contributed by atoms with Gasteiger partial charge in [-0.1, -0.05) is 32.0 Å². The van der Waals surface area contributed by atoms with E-state index in [1.54, 1.807) is 43.3 Å². The second kappa shape index (κ2) is 10.2. The molecule has 1 aliphatic heterocycles. The molecule has 32 heavy (non-hydrogen) atoms. The molecule has 2 aromatic rings. The number of Topliss-reactive ketones (excluding diaryl/α,β-unsaturated/α-hetero) is 1. The molecule has 0 spiro atoms. The normalized spacial score (nSPS) is 17.6. The van der Waals surface area contributed by atoms with Crippen LogP contribution in [0.2, 0.25) is 0 Å². The number of rotatable bonds is 9. The van der Waals surface area contributed by atoms with Crippen molar-refractivity contribution in [3.05, 3.63) is 59.2 Å². The van der Waals surface area contributed by atoms with E-state index in [-0.39, 0.29) is 22.8 Å². The van der Waals surface area contributed by atoms with Gasteiger partial charge in [0.1, 0.15) is 11.5 Å². The van der Waals surface area contributed by atoms with Gasteiger partial charge < -0.3 is 24.6 Å². The van der Waals surface area contributed by atoms with Crippen molar-refractivity contribution in [2.75, 3.05) is 19.8 Å². The standard InChI is InChI=1S/C25H29NO6/c1-4-12-26-22(16-10-11-19(27)20(15-16)31-6-3)21(24(29)25(26)30)23(28)17-8-7-9-18(14-17)32-13-5-2/h7-11,14-15,22,27-28H,4-6,12-13H2,1-3H3/b23-21-. The molecule has 0 aromatic heterocycles. The first kappa shape index (κ1) is 23.2. The van der Waals surface area contributed by atoms with Crippen LogP contribution >= 0.6 is 0 Å². The lowest BCUT2D eigenvalue weighted by Gasteiger charge is -2.25. The highest BCUT2D eigenvalue weighted by atomic mass is 16.5. The number of aromatic hydroxyl groups is 1. The maximum absolute atomic E-state index is 13.0. The lowest BCUT2D eigenvalue weighted by molar-refractivity contribution is -0.139. The Bertz CT molecular complexity index is 1030. The molecule has 2 N–H and O–H groups in total. The first-order valence-corrected chi connectivity index (χ1v) is 10.9. The average Bonchev–Trinajstić information content (AvgIpc) is 3.04. The molecule has 1 aliphatic rings. The molecule has 1 fully saturated rings. The summed E-state index contributed by atoms with van der Waals surface area (Å²) in [5.41, 5.74) is 0.963. The number of carbonyl (C=O) groups is 2. The van der Waals surface area contributed by atoms with Crippen LogP contribution in [0.15, 0.2) is 48.0 Å². The average molecular weight is 440 g/mol. The number of phenols is 1. The fourth-order valence-corrected chi connectivity index (χ4v) is 3.78. The predicted molar refractivity (Wildman–Crippen MR) is 121 cm³/mol. The number of nitrogens with zero attached hydrogens (tertiary/aromatic N) is 1. The zero-order valence-corrected chi connectivity index (χ0v) is 18.6. The Labute approximate surface area is 187 Å². The van der Waals surface area contributed by atoms with Crippen molar-refractivity contribution < 1.29 is 29.3 Å². The molecule has 1 unspecified atom stereocenters. The molecule has 3 rings (SSSR count). The quantitative estimate of drug-likeness (QED) is 0.341. The number of likely N-dealkylation sites (tertiary alicyclic amines) is 1. The van der Waals surface area contributed by atoms with Crippen LogP contribution < -0.4 is 9.47 Å². The van der Waals surface area contributed by atoms with Crippen molar-refractivity contribution in [2.24, 2.45) is 0 Å². The lowest BCUT2D eigenvalue weighted by atomic mass is 9.95. The Hall–Kier alpha value is -3.48. The van der Waals surface area contributed by atoms with E-state index in [0.717, 1.165) is 6.42 Å². The Morgan fingerprint density at radius 1 is 1.03 bits per heavy atom. The zero-order valence-electron chi connectivity index (χ0n) is 18.6. The van der Waals surface area contributed by atoms with Crippen molar-refractivity contribution in [3.63, 3.8) is 0 Å². The molecule has 0 bridgehead atoms. The summed E-state index contributed by atoms with van der Waals surface area (Å²) in [5, 5.41) is 21.2. The number of benzene rings is 2. The topological polar surface area (TPSA) is 96.3 Å². The number of aliphatic hydroxyl groups excluding tert-OH is 1. The number of carbonyl (C=O) groups excluding carboxylic acids is 2. The van der Waals surface area contributed by atoms with E-state index in [9.17, 15) is 19.8 Å². The largest absolute Gasteiger partial charge is 0.507 e. The highest BCUT2D eigenvalue weighted by molar-refractivity contribution is 6.46. The molecule has 7 nitrogen and oxygen atoms in total. The Morgan fingerprint density at radius 2 is 1.81 bits per heavy atom. The van der Waals surface area contributed by atoms with E-state index in [1.807, 2.05) is 13.8 Å². The third-order valence-corrected chi connectivity index (χ3v) is 5.18. The van der Waals surface area contributed by atoms with Crippen molar-refractivity contribution in [1.82, 2.24) is 4.90 Å². The first-order chi connectivity index (χ1) is 15.4. The van der Waals surface area contributed by atoms with Gasteiger partial charge in [0.15, 0.2) is 11.5 Å². The van der Waals surface area contributed by atoms with E-state index >= 15 is 0 Å². The Balaban J connectivity index is 2.14. The van der Waals surface area contributed by atoms with Gasteiger partial charge in [0.05, 0.1) is 24.8 Å². The van der Waals surface area contributed by atoms with E-state index in [4.69, 9.17) is 9.47 Å². The summed E-state index contributed by atoms with van der Waals surface area (Å²) in [6.45, 7) is 6.91. The Kier molecular flexibility index (Phi) is 7.41. The third-order valence-electron chi connectivity index (χ3n) is 5.18. The maximum atomic E-state index is 13.0.